The molecule has 10 heteroatoms. The van der Waals surface area contributed by atoms with E-state index in [-0.39, 0.29) is 42.3 Å². The molecule has 0 saturated carbocycles. The minimum absolute atomic E-state index is 0. The van der Waals surface area contributed by atoms with E-state index in [1.165, 1.54) is 0 Å². The molecule has 1 atom stereocenters. The largest absolute Gasteiger partial charge is 0.357 e. The first kappa shape index (κ1) is 25.9. The summed E-state index contributed by atoms with van der Waals surface area (Å²) >= 11 is 0. The Labute approximate surface area is 192 Å². The van der Waals surface area contributed by atoms with Crippen LogP contribution in [-0.2, 0) is 10.0 Å². The number of piperazine rings is 1. The third-order valence-electron chi connectivity index (χ3n) is 4.93. The SMILES string of the molecule is CCNC(=NCCS(=O)(=O)N1CCN(c2ccccn2)CC1)NC(C)C(C)C.I. The van der Waals surface area contributed by atoms with Crippen molar-refractivity contribution in [1.82, 2.24) is 19.9 Å². The highest BCUT2D eigenvalue weighted by Gasteiger charge is 2.27. The fraction of sp³-hybridized carbons (Fsp3) is 0.684. The molecule has 0 aliphatic carbocycles. The maximum atomic E-state index is 12.7. The summed E-state index contributed by atoms with van der Waals surface area (Å²) in [5, 5.41) is 6.50. The molecule has 1 aromatic heterocycles. The Morgan fingerprint density at radius 1 is 1.21 bits per heavy atom. The number of nitrogens with one attached hydrogen (secondary N) is 2. The highest BCUT2D eigenvalue weighted by atomic mass is 127. The first-order valence-electron chi connectivity index (χ1n) is 10.0. The Morgan fingerprint density at radius 2 is 1.90 bits per heavy atom. The van der Waals surface area contributed by atoms with Gasteiger partial charge in [0, 0.05) is 45.0 Å². The van der Waals surface area contributed by atoms with E-state index in [1.54, 1.807) is 10.5 Å². The van der Waals surface area contributed by atoms with Gasteiger partial charge in [-0.15, -0.1) is 24.0 Å². The predicted octanol–water partition coefficient (Wildman–Crippen LogP) is 1.75. The summed E-state index contributed by atoms with van der Waals surface area (Å²) in [6, 6.07) is 6.03. The molecule has 0 amide bonds. The minimum atomic E-state index is -3.32. The maximum absolute atomic E-state index is 12.7. The van der Waals surface area contributed by atoms with Crippen LogP contribution in [0.2, 0.25) is 0 Å². The van der Waals surface area contributed by atoms with E-state index in [0.29, 0.717) is 38.1 Å². The van der Waals surface area contributed by atoms with E-state index >= 15 is 0 Å². The monoisotopic (exact) mass is 538 g/mol. The van der Waals surface area contributed by atoms with Gasteiger partial charge in [-0.2, -0.15) is 4.31 Å². The summed E-state index contributed by atoms with van der Waals surface area (Å²) in [5.41, 5.74) is 0. The summed E-state index contributed by atoms with van der Waals surface area (Å²) in [5.74, 6) is 2.04. The summed E-state index contributed by atoms with van der Waals surface area (Å²) in [6.45, 7) is 11.6. The Hall–Kier alpha value is -1.14. The molecule has 1 unspecified atom stereocenters. The van der Waals surface area contributed by atoms with Crippen molar-refractivity contribution in [3.05, 3.63) is 24.4 Å². The molecular weight excluding hydrogens is 503 g/mol. The fourth-order valence-corrected chi connectivity index (χ4v) is 4.14. The molecule has 8 nitrogen and oxygen atoms in total. The number of aliphatic imine (C=N–C) groups is 1. The van der Waals surface area contributed by atoms with Crippen molar-refractivity contribution in [1.29, 1.82) is 0 Å². The van der Waals surface area contributed by atoms with Gasteiger partial charge in [0.15, 0.2) is 5.96 Å². The second-order valence-electron chi connectivity index (χ2n) is 7.33. The Kier molecular flexibility index (Phi) is 11.2. The van der Waals surface area contributed by atoms with Gasteiger partial charge < -0.3 is 15.5 Å². The second-order valence-corrected chi connectivity index (χ2v) is 9.42. The number of halogens is 1. The van der Waals surface area contributed by atoms with Crippen LogP contribution in [0.5, 0.6) is 0 Å². The van der Waals surface area contributed by atoms with Gasteiger partial charge in [0.05, 0.1) is 12.3 Å². The zero-order valence-electron chi connectivity index (χ0n) is 17.8. The van der Waals surface area contributed by atoms with Gasteiger partial charge in [-0.05, 0) is 31.9 Å². The van der Waals surface area contributed by atoms with Crippen LogP contribution in [0.3, 0.4) is 0 Å². The summed E-state index contributed by atoms with van der Waals surface area (Å²) < 4.78 is 26.9. The van der Waals surface area contributed by atoms with Gasteiger partial charge in [-0.1, -0.05) is 19.9 Å². The third kappa shape index (κ3) is 8.25. The number of anilines is 1. The van der Waals surface area contributed by atoms with E-state index < -0.39 is 10.0 Å². The van der Waals surface area contributed by atoms with Gasteiger partial charge in [0.25, 0.3) is 0 Å². The number of hydrogen-bond acceptors (Lipinski definition) is 5. The third-order valence-corrected chi connectivity index (χ3v) is 6.78. The number of aromatic nitrogens is 1. The van der Waals surface area contributed by atoms with Crippen LogP contribution < -0.4 is 15.5 Å². The van der Waals surface area contributed by atoms with Crippen LogP contribution in [0.4, 0.5) is 5.82 Å². The van der Waals surface area contributed by atoms with Crippen LogP contribution in [-0.4, -0.2) is 74.7 Å². The lowest BCUT2D eigenvalue weighted by molar-refractivity contribution is 0.384. The molecule has 0 spiro atoms. The highest BCUT2D eigenvalue weighted by Crippen LogP contribution is 2.14. The van der Waals surface area contributed by atoms with Gasteiger partial charge in [0.2, 0.25) is 10.0 Å². The molecule has 0 radical (unpaired) electrons. The molecule has 2 N–H and O–H groups in total. The van der Waals surface area contributed by atoms with Gasteiger partial charge >= 0.3 is 0 Å². The number of sulfonamides is 1. The molecule has 0 bridgehead atoms. The zero-order valence-corrected chi connectivity index (χ0v) is 21.0. The van der Waals surface area contributed by atoms with Crippen LogP contribution in [0.1, 0.15) is 27.7 Å². The summed E-state index contributed by atoms with van der Waals surface area (Å²) in [6.07, 6.45) is 1.76. The van der Waals surface area contributed by atoms with Crippen molar-refractivity contribution in [2.24, 2.45) is 10.9 Å². The lowest BCUT2D eigenvalue weighted by atomic mass is 10.1. The second kappa shape index (κ2) is 12.5. The molecule has 1 aliphatic rings. The topological polar surface area (TPSA) is 89.9 Å². The molecule has 29 heavy (non-hydrogen) atoms. The van der Waals surface area contributed by atoms with Crippen LogP contribution in [0.25, 0.3) is 0 Å². The normalized spacial score (nSPS) is 17.0. The molecule has 1 aromatic rings. The molecule has 2 rings (SSSR count). The lowest BCUT2D eigenvalue weighted by Gasteiger charge is -2.34. The van der Waals surface area contributed by atoms with Crippen LogP contribution in [0, 0.1) is 5.92 Å². The quantitative estimate of drug-likeness (QED) is 0.298. The minimum Gasteiger partial charge on any atom is -0.357 e. The van der Waals surface area contributed by atoms with Crippen molar-refractivity contribution < 1.29 is 8.42 Å². The first-order chi connectivity index (χ1) is 13.3. The molecule has 1 saturated heterocycles. The van der Waals surface area contributed by atoms with Crippen molar-refractivity contribution in [2.45, 2.75) is 33.7 Å². The number of pyridine rings is 1. The first-order valence-corrected chi connectivity index (χ1v) is 11.6. The molecule has 1 aliphatic heterocycles. The van der Waals surface area contributed by atoms with Crippen molar-refractivity contribution in [3.63, 3.8) is 0 Å². The molecule has 2 heterocycles. The summed E-state index contributed by atoms with van der Waals surface area (Å²) in [7, 11) is -3.32. The predicted molar refractivity (Wildman–Crippen MR) is 131 cm³/mol. The van der Waals surface area contributed by atoms with Crippen LogP contribution in [0.15, 0.2) is 29.4 Å². The van der Waals surface area contributed by atoms with Gasteiger partial charge in [-0.25, -0.2) is 13.4 Å². The standard InChI is InChI=1S/C19H34N6O2S.HI/c1-5-20-19(23-17(4)16(2)3)22-10-15-28(26,27)25-13-11-24(12-14-25)18-8-6-7-9-21-18;/h6-9,16-17H,5,10-15H2,1-4H3,(H2,20,22,23);1H. The van der Waals surface area contributed by atoms with E-state index in [2.05, 4.69) is 46.3 Å². The van der Waals surface area contributed by atoms with Gasteiger partial charge in [0.1, 0.15) is 5.82 Å². The molecule has 0 aromatic carbocycles. The Morgan fingerprint density at radius 3 is 2.45 bits per heavy atom. The van der Waals surface area contributed by atoms with Crippen molar-refractivity contribution in [2.75, 3.05) is 49.9 Å². The lowest BCUT2D eigenvalue weighted by Crippen LogP contribution is -2.50. The van der Waals surface area contributed by atoms with Crippen molar-refractivity contribution in [3.8, 4) is 0 Å². The number of nitrogens with zero attached hydrogens (tertiary/aromatic N) is 4. The average Bonchev–Trinajstić information content (AvgIpc) is 2.68. The zero-order chi connectivity index (χ0) is 20.6. The number of hydrogen-bond donors (Lipinski definition) is 2. The maximum Gasteiger partial charge on any atom is 0.216 e. The smallest absolute Gasteiger partial charge is 0.216 e. The van der Waals surface area contributed by atoms with E-state index in [0.717, 1.165) is 12.4 Å². The highest BCUT2D eigenvalue weighted by molar-refractivity contribution is 14.0. The Balaban J connectivity index is 0.00000420. The van der Waals surface area contributed by atoms with E-state index in [9.17, 15) is 8.42 Å². The average molecular weight is 539 g/mol. The fourth-order valence-electron chi connectivity index (χ4n) is 2.84. The number of rotatable bonds is 8. The van der Waals surface area contributed by atoms with Crippen LogP contribution >= 0.6 is 24.0 Å². The molecule has 1 fully saturated rings. The molecule has 166 valence electrons. The van der Waals surface area contributed by atoms with E-state index in [4.69, 9.17) is 0 Å². The Bertz CT molecular complexity index is 721. The summed E-state index contributed by atoms with van der Waals surface area (Å²) in [4.78, 5) is 10.9. The van der Waals surface area contributed by atoms with Gasteiger partial charge in [-0.3, -0.25) is 4.99 Å². The van der Waals surface area contributed by atoms with Crippen molar-refractivity contribution >= 4 is 45.8 Å². The molecular formula is C19H35IN6O2S. The number of guanidine groups is 1. The van der Waals surface area contributed by atoms with E-state index in [1.807, 2.05) is 25.1 Å².